The number of H-pyrrole nitrogens is 1. The lowest BCUT2D eigenvalue weighted by atomic mass is 10.0. The zero-order valence-corrected chi connectivity index (χ0v) is 15.9. The van der Waals surface area contributed by atoms with Gasteiger partial charge in [0.1, 0.15) is 5.82 Å². The van der Waals surface area contributed by atoms with Gasteiger partial charge in [-0.25, -0.2) is 14.4 Å². The second-order valence-corrected chi connectivity index (χ2v) is 7.56. The lowest BCUT2D eigenvalue weighted by Crippen LogP contribution is -1.95. The first-order chi connectivity index (χ1) is 12.9. The van der Waals surface area contributed by atoms with Gasteiger partial charge in [-0.05, 0) is 38.5 Å². The summed E-state index contributed by atoms with van der Waals surface area (Å²) in [6.07, 6.45) is 3.36. The summed E-state index contributed by atoms with van der Waals surface area (Å²) in [7, 11) is 0. The molecule has 27 heavy (non-hydrogen) atoms. The van der Waals surface area contributed by atoms with E-state index in [0.29, 0.717) is 33.2 Å². The van der Waals surface area contributed by atoms with Crippen LogP contribution in [-0.4, -0.2) is 25.8 Å². The maximum atomic E-state index is 14.4. The second-order valence-electron chi connectivity index (χ2n) is 6.35. The van der Waals surface area contributed by atoms with Crippen molar-refractivity contribution in [1.29, 1.82) is 0 Å². The molecule has 3 heterocycles. The number of aromatic hydroxyl groups is 1. The van der Waals surface area contributed by atoms with Crippen molar-refractivity contribution in [2.45, 2.75) is 20.8 Å². The second kappa shape index (κ2) is 6.59. The van der Waals surface area contributed by atoms with Crippen LogP contribution in [0.25, 0.3) is 22.2 Å². The highest BCUT2D eigenvalue weighted by Gasteiger charge is 2.17. The van der Waals surface area contributed by atoms with Crippen molar-refractivity contribution in [3.8, 4) is 17.1 Å². The first-order valence-corrected chi connectivity index (χ1v) is 9.20. The van der Waals surface area contributed by atoms with Gasteiger partial charge in [-0.15, -0.1) is 11.3 Å². The Kier molecular flexibility index (Phi) is 4.24. The van der Waals surface area contributed by atoms with E-state index in [1.165, 1.54) is 17.4 Å². The molecule has 0 aliphatic rings. The Bertz CT molecular complexity index is 1170. The Labute approximate surface area is 159 Å². The number of benzene rings is 1. The highest BCUT2D eigenvalue weighted by atomic mass is 32.1. The normalized spacial score (nSPS) is 12.1. The SMILES string of the molecule is CC(=Nc1ncc(C)s1)c1c(O)[nH]c2cnc(-c3c(C)cccc3F)cc12. The number of hydrogen-bond donors (Lipinski definition) is 2. The van der Waals surface area contributed by atoms with E-state index in [9.17, 15) is 9.50 Å². The third-order valence-electron chi connectivity index (χ3n) is 4.38. The molecule has 0 spiro atoms. The van der Waals surface area contributed by atoms with E-state index in [4.69, 9.17) is 0 Å². The Morgan fingerprint density at radius 2 is 2.04 bits per heavy atom. The zero-order chi connectivity index (χ0) is 19.1. The van der Waals surface area contributed by atoms with Gasteiger partial charge in [0.15, 0.2) is 5.88 Å². The maximum Gasteiger partial charge on any atom is 0.209 e. The number of aromatic amines is 1. The fourth-order valence-corrected chi connectivity index (χ4v) is 3.81. The number of nitrogens with zero attached hydrogens (tertiary/aromatic N) is 3. The van der Waals surface area contributed by atoms with Gasteiger partial charge in [0.2, 0.25) is 5.13 Å². The molecule has 0 bridgehead atoms. The van der Waals surface area contributed by atoms with Crippen LogP contribution in [0.15, 0.2) is 41.7 Å². The van der Waals surface area contributed by atoms with Crippen molar-refractivity contribution in [1.82, 2.24) is 15.0 Å². The molecule has 0 saturated heterocycles. The van der Waals surface area contributed by atoms with Crippen molar-refractivity contribution >= 4 is 33.1 Å². The van der Waals surface area contributed by atoms with E-state index >= 15 is 0 Å². The molecule has 1 aromatic carbocycles. The Morgan fingerprint density at radius 3 is 2.74 bits per heavy atom. The number of fused-ring (bicyclic) bond motifs is 1. The summed E-state index contributed by atoms with van der Waals surface area (Å²) in [4.78, 5) is 17.1. The van der Waals surface area contributed by atoms with E-state index in [-0.39, 0.29) is 11.7 Å². The quantitative estimate of drug-likeness (QED) is 0.474. The predicted molar refractivity (Wildman–Crippen MR) is 107 cm³/mol. The summed E-state index contributed by atoms with van der Waals surface area (Å²) >= 11 is 1.48. The monoisotopic (exact) mass is 380 g/mol. The molecule has 0 fully saturated rings. The van der Waals surface area contributed by atoms with Crippen LogP contribution in [0.5, 0.6) is 5.88 Å². The van der Waals surface area contributed by atoms with Crippen molar-refractivity contribution in [2.75, 3.05) is 0 Å². The molecule has 0 radical (unpaired) electrons. The highest BCUT2D eigenvalue weighted by Crippen LogP contribution is 2.33. The van der Waals surface area contributed by atoms with Gasteiger partial charge < -0.3 is 10.1 Å². The van der Waals surface area contributed by atoms with Gasteiger partial charge in [0.05, 0.1) is 28.7 Å². The molecule has 7 heteroatoms. The Hall–Kier alpha value is -3.06. The van der Waals surface area contributed by atoms with Gasteiger partial charge >= 0.3 is 0 Å². The first-order valence-electron chi connectivity index (χ1n) is 8.38. The smallest absolute Gasteiger partial charge is 0.209 e. The summed E-state index contributed by atoms with van der Waals surface area (Å²) < 4.78 is 14.4. The lowest BCUT2D eigenvalue weighted by Gasteiger charge is -2.07. The minimum absolute atomic E-state index is 0.00346. The number of aryl methyl sites for hydroxylation is 2. The van der Waals surface area contributed by atoms with Crippen molar-refractivity contribution in [3.05, 3.63) is 58.5 Å². The van der Waals surface area contributed by atoms with Crippen LogP contribution in [0.3, 0.4) is 0 Å². The van der Waals surface area contributed by atoms with E-state index in [2.05, 4.69) is 19.9 Å². The Balaban J connectivity index is 1.89. The first kappa shape index (κ1) is 17.4. The molecule has 3 aromatic heterocycles. The molecular formula is C20H17FN4OS. The number of hydrogen-bond acceptors (Lipinski definition) is 5. The average Bonchev–Trinajstić information content (AvgIpc) is 3.16. The lowest BCUT2D eigenvalue weighted by molar-refractivity contribution is 0.457. The summed E-state index contributed by atoms with van der Waals surface area (Å²) in [6.45, 7) is 5.62. The number of rotatable bonds is 3. The minimum Gasteiger partial charge on any atom is -0.494 e. The molecule has 0 aliphatic heterocycles. The maximum absolute atomic E-state index is 14.4. The molecule has 4 rings (SSSR count). The van der Waals surface area contributed by atoms with E-state index in [1.54, 1.807) is 24.5 Å². The summed E-state index contributed by atoms with van der Waals surface area (Å²) in [6, 6.07) is 6.71. The van der Waals surface area contributed by atoms with Crippen LogP contribution in [0, 0.1) is 19.7 Å². The number of thiazole rings is 1. The van der Waals surface area contributed by atoms with Crippen molar-refractivity contribution in [3.63, 3.8) is 0 Å². The van der Waals surface area contributed by atoms with E-state index in [0.717, 1.165) is 15.8 Å². The molecule has 0 aliphatic carbocycles. The summed E-state index contributed by atoms with van der Waals surface area (Å²) in [5, 5.41) is 11.8. The van der Waals surface area contributed by atoms with Crippen LogP contribution >= 0.6 is 11.3 Å². The van der Waals surface area contributed by atoms with Crippen LogP contribution in [0.2, 0.25) is 0 Å². The third kappa shape index (κ3) is 3.10. The molecule has 0 saturated carbocycles. The summed E-state index contributed by atoms with van der Waals surface area (Å²) in [5.41, 5.74) is 3.61. The minimum atomic E-state index is -0.327. The Morgan fingerprint density at radius 1 is 1.22 bits per heavy atom. The molecule has 0 unspecified atom stereocenters. The van der Waals surface area contributed by atoms with Gasteiger partial charge in [0, 0.05) is 22.0 Å². The number of aromatic nitrogens is 3. The van der Waals surface area contributed by atoms with Crippen molar-refractivity contribution in [2.24, 2.45) is 4.99 Å². The van der Waals surface area contributed by atoms with Crippen LogP contribution in [0.4, 0.5) is 9.52 Å². The molecule has 0 amide bonds. The molecule has 4 aromatic rings. The van der Waals surface area contributed by atoms with Crippen molar-refractivity contribution < 1.29 is 9.50 Å². The molecular weight excluding hydrogens is 363 g/mol. The molecule has 2 N–H and O–H groups in total. The average molecular weight is 380 g/mol. The van der Waals surface area contributed by atoms with Gasteiger partial charge in [0.25, 0.3) is 0 Å². The van der Waals surface area contributed by atoms with E-state index < -0.39 is 0 Å². The predicted octanol–water partition coefficient (Wildman–Crippen LogP) is 5.29. The number of aliphatic imine (C=N–C) groups is 1. The van der Waals surface area contributed by atoms with Crippen LogP contribution in [-0.2, 0) is 0 Å². The molecule has 136 valence electrons. The van der Waals surface area contributed by atoms with Gasteiger partial charge in [-0.3, -0.25) is 4.98 Å². The molecule has 5 nitrogen and oxygen atoms in total. The van der Waals surface area contributed by atoms with E-state index in [1.807, 2.05) is 26.8 Å². The molecule has 0 atom stereocenters. The van der Waals surface area contributed by atoms with Crippen LogP contribution in [0.1, 0.15) is 22.9 Å². The summed E-state index contributed by atoms with van der Waals surface area (Å²) in [5.74, 6) is -0.324. The zero-order valence-electron chi connectivity index (χ0n) is 15.0. The van der Waals surface area contributed by atoms with Gasteiger partial charge in [-0.1, -0.05) is 12.1 Å². The standard InChI is InChI=1S/C20H17FN4OS/c1-10-5-4-6-14(21)17(10)15-7-13-16(9-22-15)25-19(26)18(13)12(3)24-20-23-8-11(2)27-20/h4-9,25-26H,1-3H3. The third-order valence-corrected chi connectivity index (χ3v) is 5.18. The largest absolute Gasteiger partial charge is 0.494 e. The van der Waals surface area contributed by atoms with Crippen LogP contribution < -0.4 is 0 Å². The number of nitrogens with one attached hydrogen (secondary N) is 1. The van der Waals surface area contributed by atoms with Gasteiger partial charge in [-0.2, -0.15) is 0 Å². The fourth-order valence-electron chi connectivity index (χ4n) is 3.13. The number of pyridine rings is 1. The fraction of sp³-hybridized carbons (Fsp3) is 0.150. The highest BCUT2D eigenvalue weighted by molar-refractivity contribution is 7.15. The number of halogens is 1. The topological polar surface area (TPSA) is 74.2 Å².